The topological polar surface area (TPSA) is 53.2 Å². The fourth-order valence-electron chi connectivity index (χ4n) is 3.80. The van der Waals surface area contributed by atoms with Crippen molar-refractivity contribution in [1.82, 2.24) is 9.13 Å². The summed E-state index contributed by atoms with van der Waals surface area (Å²) >= 11 is 1.79. The van der Waals surface area contributed by atoms with Gasteiger partial charge in [0.2, 0.25) is 5.78 Å². The van der Waals surface area contributed by atoms with E-state index in [1.54, 1.807) is 11.8 Å². The zero-order valence-corrected chi connectivity index (χ0v) is 14.7. The van der Waals surface area contributed by atoms with Gasteiger partial charge in [-0.15, -0.1) is 11.8 Å². The largest absolute Gasteiger partial charge is 0.465 e. The molecule has 2 aliphatic rings. The molecular formula is C18H20N2O3S. The quantitative estimate of drug-likeness (QED) is 0.632. The van der Waals surface area contributed by atoms with Crippen molar-refractivity contribution >= 4 is 23.5 Å². The third-order valence-electron chi connectivity index (χ3n) is 4.84. The second-order valence-electron chi connectivity index (χ2n) is 6.23. The Hall–Kier alpha value is -1.95. The Kier molecular flexibility index (Phi) is 3.79. The molecule has 5 nitrogen and oxygen atoms in total. The zero-order chi connectivity index (χ0) is 16.8. The molecule has 2 aliphatic heterocycles. The SMILES string of the molecule is CCOC(=O)C1CCn2c1cc(C)c2C(=O)c1ccc2n1CCS2. The van der Waals surface area contributed by atoms with Crippen molar-refractivity contribution in [2.45, 2.75) is 44.3 Å². The van der Waals surface area contributed by atoms with Crippen LogP contribution in [0.25, 0.3) is 0 Å². The summed E-state index contributed by atoms with van der Waals surface area (Å²) in [5.41, 5.74) is 3.32. The minimum atomic E-state index is -0.251. The molecule has 0 aromatic carbocycles. The van der Waals surface area contributed by atoms with Crippen molar-refractivity contribution in [3.63, 3.8) is 0 Å². The molecule has 0 spiro atoms. The van der Waals surface area contributed by atoms with Crippen LogP contribution >= 0.6 is 11.8 Å². The third kappa shape index (κ3) is 2.24. The van der Waals surface area contributed by atoms with Gasteiger partial charge in [0.25, 0.3) is 0 Å². The van der Waals surface area contributed by atoms with Crippen LogP contribution in [0.2, 0.25) is 0 Å². The number of ketones is 1. The van der Waals surface area contributed by atoms with E-state index >= 15 is 0 Å². The lowest BCUT2D eigenvalue weighted by atomic mass is 10.0. The minimum Gasteiger partial charge on any atom is -0.465 e. The van der Waals surface area contributed by atoms with E-state index in [2.05, 4.69) is 4.57 Å². The Bertz CT molecular complexity index is 834. The van der Waals surface area contributed by atoms with Crippen molar-refractivity contribution in [2.75, 3.05) is 12.4 Å². The number of fused-ring (bicyclic) bond motifs is 2. The van der Waals surface area contributed by atoms with Crippen LogP contribution in [0, 0.1) is 6.92 Å². The van der Waals surface area contributed by atoms with Gasteiger partial charge < -0.3 is 13.9 Å². The predicted molar refractivity (Wildman–Crippen MR) is 91.7 cm³/mol. The summed E-state index contributed by atoms with van der Waals surface area (Å²) < 4.78 is 9.30. The van der Waals surface area contributed by atoms with Crippen LogP contribution in [-0.4, -0.2) is 33.2 Å². The maximum absolute atomic E-state index is 13.1. The number of carbonyl (C=O) groups excluding carboxylic acids is 2. The predicted octanol–water partition coefficient (Wildman–Crippen LogP) is 2.99. The number of hydrogen-bond acceptors (Lipinski definition) is 4. The van der Waals surface area contributed by atoms with Crippen molar-refractivity contribution in [3.8, 4) is 0 Å². The van der Waals surface area contributed by atoms with Crippen molar-refractivity contribution < 1.29 is 14.3 Å². The number of carbonyl (C=O) groups is 2. The Balaban J connectivity index is 1.71. The molecule has 2 aromatic rings. The number of esters is 1. The smallest absolute Gasteiger partial charge is 0.315 e. The average molecular weight is 344 g/mol. The number of aryl methyl sites for hydroxylation is 1. The Labute approximate surface area is 145 Å². The molecule has 1 atom stereocenters. The van der Waals surface area contributed by atoms with Gasteiger partial charge in [0.05, 0.1) is 28.9 Å². The van der Waals surface area contributed by atoms with E-state index in [1.165, 1.54) is 0 Å². The molecule has 0 saturated heterocycles. The monoisotopic (exact) mass is 344 g/mol. The summed E-state index contributed by atoms with van der Waals surface area (Å²) in [6.45, 7) is 5.72. The summed E-state index contributed by atoms with van der Waals surface area (Å²) in [7, 11) is 0. The Morgan fingerprint density at radius 2 is 2.12 bits per heavy atom. The molecule has 0 saturated carbocycles. The molecule has 126 valence electrons. The first-order chi connectivity index (χ1) is 11.6. The van der Waals surface area contributed by atoms with E-state index in [0.29, 0.717) is 19.6 Å². The number of hydrogen-bond donors (Lipinski definition) is 0. The number of rotatable bonds is 4. The van der Waals surface area contributed by atoms with Gasteiger partial charge in [0.1, 0.15) is 0 Å². The molecule has 0 N–H and O–H groups in total. The maximum Gasteiger partial charge on any atom is 0.315 e. The van der Waals surface area contributed by atoms with Gasteiger partial charge in [-0.1, -0.05) is 0 Å². The van der Waals surface area contributed by atoms with E-state index in [-0.39, 0.29) is 17.7 Å². The van der Waals surface area contributed by atoms with Crippen molar-refractivity contribution in [2.24, 2.45) is 0 Å². The highest BCUT2D eigenvalue weighted by Crippen LogP contribution is 2.35. The molecule has 4 heterocycles. The van der Waals surface area contributed by atoms with Gasteiger partial charge in [0, 0.05) is 24.5 Å². The molecule has 2 aromatic heterocycles. The molecule has 0 fully saturated rings. The maximum atomic E-state index is 13.1. The normalized spacial score (nSPS) is 18.5. The summed E-state index contributed by atoms with van der Waals surface area (Å²) in [6, 6.07) is 5.92. The summed E-state index contributed by atoms with van der Waals surface area (Å²) in [4.78, 5) is 25.3. The first-order valence-electron chi connectivity index (χ1n) is 8.35. The molecule has 0 radical (unpaired) electrons. The standard InChI is InChI=1S/C18H20N2O3S/c1-3-23-18(22)12-6-7-20-14(12)10-11(2)16(20)17(21)13-4-5-15-19(13)8-9-24-15/h4-5,10,12H,3,6-9H2,1-2H3. The number of aromatic nitrogens is 2. The molecule has 24 heavy (non-hydrogen) atoms. The second kappa shape index (κ2) is 5.84. The highest BCUT2D eigenvalue weighted by Gasteiger charge is 2.35. The second-order valence-corrected chi connectivity index (χ2v) is 7.35. The molecule has 6 heteroatoms. The van der Waals surface area contributed by atoms with Crippen LogP contribution < -0.4 is 0 Å². The van der Waals surface area contributed by atoms with Crippen LogP contribution in [0.4, 0.5) is 0 Å². The van der Waals surface area contributed by atoms with Crippen molar-refractivity contribution in [1.29, 1.82) is 0 Å². The van der Waals surface area contributed by atoms with Crippen LogP contribution in [-0.2, 0) is 22.6 Å². The molecule has 1 unspecified atom stereocenters. The highest BCUT2D eigenvalue weighted by atomic mass is 32.2. The van der Waals surface area contributed by atoms with Gasteiger partial charge in [-0.05, 0) is 44.0 Å². The number of ether oxygens (including phenoxy) is 1. The Morgan fingerprint density at radius 3 is 2.92 bits per heavy atom. The summed E-state index contributed by atoms with van der Waals surface area (Å²) in [5, 5.41) is 1.16. The van der Waals surface area contributed by atoms with E-state index in [4.69, 9.17) is 4.74 Å². The van der Waals surface area contributed by atoms with Gasteiger partial charge in [-0.2, -0.15) is 0 Å². The van der Waals surface area contributed by atoms with Crippen LogP contribution in [0.3, 0.4) is 0 Å². The fourth-order valence-corrected chi connectivity index (χ4v) is 4.79. The number of thioether (sulfide) groups is 1. The lowest BCUT2D eigenvalue weighted by Crippen LogP contribution is -2.15. The molecule has 0 aliphatic carbocycles. The first-order valence-corrected chi connectivity index (χ1v) is 9.34. The lowest BCUT2D eigenvalue weighted by Gasteiger charge is -2.09. The van der Waals surface area contributed by atoms with Gasteiger partial charge in [0.15, 0.2) is 0 Å². The average Bonchev–Trinajstić information content (AvgIpc) is 3.25. The lowest BCUT2D eigenvalue weighted by molar-refractivity contribution is -0.144. The fraction of sp³-hybridized carbons (Fsp3) is 0.444. The zero-order valence-electron chi connectivity index (χ0n) is 13.9. The highest BCUT2D eigenvalue weighted by molar-refractivity contribution is 7.99. The van der Waals surface area contributed by atoms with E-state index in [0.717, 1.165) is 40.0 Å². The van der Waals surface area contributed by atoms with Crippen LogP contribution in [0.15, 0.2) is 23.2 Å². The first kappa shape index (κ1) is 15.6. The Morgan fingerprint density at radius 1 is 1.29 bits per heavy atom. The summed E-state index contributed by atoms with van der Waals surface area (Å²) in [5.74, 6) is 0.635. The minimum absolute atomic E-state index is 0.0528. The molecule has 4 rings (SSSR count). The van der Waals surface area contributed by atoms with Gasteiger partial charge in [-0.25, -0.2) is 0 Å². The van der Waals surface area contributed by atoms with Crippen molar-refractivity contribution in [3.05, 3.63) is 40.8 Å². The number of nitrogens with zero attached hydrogens (tertiary/aromatic N) is 2. The van der Waals surface area contributed by atoms with E-state index < -0.39 is 0 Å². The van der Waals surface area contributed by atoms with Gasteiger partial charge in [-0.3, -0.25) is 9.59 Å². The van der Waals surface area contributed by atoms with Gasteiger partial charge >= 0.3 is 5.97 Å². The third-order valence-corrected chi connectivity index (χ3v) is 5.88. The molecule has 0 amide bonds. The van der Waals surface area contributed by atoms with E-state index in [9.17, 15) is 9.59 Å². The van der Waals surface area contributed by atoms with E-state index in [1.807, 2.05) is 36.6 Å². The summed E-state index contributed by atoms with van der Waals surface area (Å²) in [6.07, 6.45) is 0.705. The molecular weight excluding hydrogens is 324 g/mol. The van der Waals surface area contributed by atoms with Crippen LogP contribution in [0.1, 0.15) is 46.7 Å². The van der Waals surface area contributed by atoms with Crippen LogP contribution in [0.5, 0.6) is 0 Å². The molecule has 0 bridgehead atoms.